The number of rotatable bonds is 11. The lowest BCUT2D eigenvalue weighted by Gasteiger charge is -2.25. The second kappa shape index (κ2) is 10.5. The van der Waals surface area contributed by atoms with E-state index in [9.17, 15) is 0 Å². The lowest BCUT2D eigenvalue weighted by atomic mass is 9.95. The maximum Gasteiger partial charge on any atom is 0.119 e. The summed E-state index contributed by atoms with van der Waals surface area (Å²) < 4.78 is 11.5. The van der Waals surface area contributed by atoms with E-state index in [2.05, 4.69) is 39.4 Å². The molecule has 1 atom stereocenters. The van der Waals surface area contributed by atoms with E-state index in [1.54, 1.807) is 0 Å². The lowest BCUT2D eigenvalue weighted by Crippen LogP contribution is -2.24. The average molecular weight is 343 g/mol. The van der Waals surface area contributed by atoms with Gasteiger partial charge in [-0.15, -0.1) is 11.7 Å². The summed E-state index contributed by atoms with van der Waals surface area (Å²) in [6.07, 6.45) is 4.66. The molecule has 0 radical (unpaired) electrons. The van der Waals surface area contributed by atoms with Crippen LogP contribution in [-0.4, -0.2) is 18.8 Å². The Morgan fingerprint density at radius 2 is 1.86 bits per heavy atom. The molecule has 0 spiro atoms. The van der Waals surface area contributed by atoms with Crippen LogP contribution in [0.25, 0.3) is 0 Å². The third-order valence-corrected chi connectivity index (χ3v) is 4.93. The van der Waals surface area contributed by atoms with Crippen LogP contribution < -0.4 is 4.74 Å². The topological polar surface area (TPSA) is 18.5 Å². The summed E-state index contributed by atoms with van der Waals surface area (Å²) in [7, 11) is 1.45. The highest BCUT2D eigenvalue weighted by atomic mass is 33.1. The van der Waals surface area contributed by atoms with Gasteiger partial charge in [0, 0.05) is 11.5 Å². The van der Waals surface area contributed by atoms with Crippen LogP contribution in [0, 0.1) is 5.92 Å². The first-order chi connectivity index (χ1) is 10.5. The molecule has 0 heterocycles. The highest BCUT2D eigenvalue weighted by molar-refractivity contribution is 8.68. The minimum absolute atomic E-state index is 0.0116. The third kappa shape index (κ3) is 8.35. The first-order valence-electron chi connectivity index (χ1n) is 8.15. The highest BCUT2D eigenvalue weighted by Gasteiger charge is 2.17. The molecule has 126 valence electrons. The smallest absolute Gasteiger partial charge is 0.119 e. The largest absolute Gasteiger partial charge is 0.494 e. The van der Waals surface area contributed by atoms with Crippen LogP contribution in [0.2, 0.25) is 0 Å². The zero-order valence-electron chi connectivity index (χ0n) is 14.3. The fourth-order valence-corrected chi connectivity index (χ4v) is 3.08. The Bertz CT molecular complexity index is 404. The van der Waals surface area contributed by atoms with E-state index in [1.807, 2.05) is 24.3 Å². The molecule has 1 aromatic carbocycles. The van der Waals surface area contributed by atoms with Gasteiger partial charge in [-0.1, -0.05) is 30.6 Å². The van der Waals surface area contributed by atoms with Crippen LogP contribution in [0.1, 0.15) is 53.4 Å². The van der Waals surface area contributed by atoms with Crippen LogP contribution in [0.5, 0.6) is 5.75 Å². The molecule has 0 aromatic heterocycles. The zero-order chi connectivity index (χ0) is 16.4. The van der Waals surface area contributed by atoms with Crippen LogP contribution in [0.4, 0.5) is 0 Å². The van der Waals surface area contributed by atoms with Crippen LogP contribution >= 0.6 is 22.5 Å². The Morgan fingerprint density at radius 1 is 1.18 bits per heavy atom. The minimum atomic E-state index is 0.0116. The molecule has 0 saturated heterocycles. The first kappa shape index (κ1) is 19.7. The molecule has 22 heavy (non-hydrogen) atoms. The van der Waals surface area contributed by atoms with E-state index in [1.165, 1.54) is 23.6 Å². The van der Waals surface area contributed by atoms with Crippen molar-refractivity contribution in [1.29, 1.82) is 0 Å². The van der Waals surface area contributed by atoms with Crippen LogP contribution in [-0.2, 0) is 4.74 Å². The molecule has 0 saturated carbocycles. The fraction of sp³-hybridized carbons (Fsp3) is 0.667. The Morgan fingerprint density at radius 3 is 2.45 bits per heavy atom. The van der Waals surface area contributed by atoms with Crippen LogP contribution in [0.15, 0.2) is 29.2 Å². The molecule has 2 nitrogen and oxygen atoms in total. The number of ether oxygens (including phenoxy) is 2. The Hall–Kier alpha value is -0.320. The van der Waals surface area contributed by atoms with Crippen molar-refractivity contribution in [3.05, 3.63) is 24.3 Å². The number of hydrogen-bond donors (Lipinski definition) is 1. The van der Waals surface area contributed by atoms with Gasteiger partial charge in [0.15, 0.2) is 0 Å². The Balaban J connectivity index is 2.16. The average Bonchev–Trinajstić information content (AvgIpc) is 2.47. The number of thiol groups is 1. The SMILES string of the molecule is CCOC(C)(C)CCCC(C)CCOc1ccc(SS)cc1. The van der Waals surface area contributed by atoms with E-state index in [4.69, 9.17) is 9.47 Å². The van der Waals surface area contributed by atoms with Gasteiger partial charge in [0.05, 0.1) is 12.2 Å². The van der Waals surface area contributed by atoms with Gasteiger partial charge < -0.3 is 9.47 Å². The van der Waals surface area contributed by atoms with Crippen molar-refractivity contribution in [1.82, 2.24) is 0 Å². The molecule has 1 rings (SSSR count). The monoisotopic (exact) mass is 342 g/mol. The van der Waals surface area contributed by atoms with E-state index >= 15 is 0 Å². The number of hydrogen-bond acceptors (Lipinski definition) is 4. The zero-order valence-corrected chi connectivity index (χ0v) is 16.0. The van der Waals surface area contributed by atoms with Gasteiger partial charge in [0.1, 0.15) is 5.75 Å². The predicted octanol–water partition coefficient (Wildman–Crippen LogP) is 6.01. The predicted molar refractivity (Wildman–Crippen MR) is 100 cm³/mol. The van der Waals surface area contributed by atoms with Crippen molar-refractivity contribution >= 4 is 22.5 Å². The molecule has 0 amide bonds. The lowest BCUT2D eigenvalue weighted by molar-refractivity contribution is -0.0183. The fourth-order valence-electron chi connectivity index (χ4n) is 2.46. The summed E-state index contributed by atoms with van der Waals surface area (Å²) in [6, 6.07) is 8.08. The van der Waals surface area contributed by atoms with E-state index in [0.717, 1.165) is 36.7 Å². The van der Waals surface area contributed by atoms with E-state index in [0.29, 0.717) is 5.92 Å². The van der Waals surface area contributed by atoms with Crippen molar-refractivity contribution in [2.75, 3.05) is 13.2 Å². The Labute approximate surface area is 145 Å². The second-order valence-corrected chi connectivity index (χ2v) is 7.59. The standard InChI is InChI=1S/C18H30O2S2/c1-5-20-18(3,4)13-6-7-15(2)12-14-19-16-8-10-17(22-21)11-9-16/h8-11,15,21H,5-7,12-14H2,1-4H3. The molecule has 0 bridgehead atoms. The highest BCUT2D eigenvalue weighted by Crippen LogP contribution is 2.24. The van der Waals surface area contributed by atoms with Gasteiger partial charge in [-0.3, -0.25) is 0 Å². The third-order valence-electron chi connectivity index (χ3n) is 3.82. The molecular formula is C18H30O2S2. The van der Waals surface area contributed by atoms with Crippen molar-refractivity contribution in [2.24, 2.45) is 5.92 Å². The summed E-state index contributed by atoms with van der Waals surface area (Å²) in [4.78, 5) is 1.14. The van der Waals surface area contributed by atoms with Crippen molar-refractivity contribution in [3.63, 3.8) is 0 Å². The van der Waals surface area contributed by atoms with E-state index < -0.39 is 0 Å². The van der Waals surface area contributed by atoms with Crippen molar-refractivity contribution in [3.8, 4) is 5.75 Å². The molecule has 0 aliphatic heterocycles. The molecular weight excluding hydrogens is 312 g/mol. The van der Waals surface area contributed by atoms with Crippen molar-refractivity contribution in [2.45, 2.75) is 63.9 Å². The quantitative estimate of drug-likeness (QED) is 0.392. The molecule has 1 unspecified atom stereocenters. The first-order valence-corrected chi connectivity index (χ1v) is 10.0. The second-order valence-electron chi connectivity index (χ2n) is 6.39. The summed E-state index contributed by atoms with van der Waals surface area (Å²) in [5.41, 5.74) is 0.0116. The van der Waals surface area contributed by atoms with Gasteiger partial charge in [-0.05, 0) is 63.8 Å². The minimum Gasteiger partial charge on any atom is -0.494 e. The molecule has 0 aliphatic rings. The van der Waals surface area contributed by atoms with Crippen LogP contribution in [0.3, 0.4) is 0 Å². The van der Waals surface area contributed by atoms with Gasteiger partial charge in [-0.2, -0.15) is 0 Å². The van der Waals surface area contributed by atoms with Gasteiger partial charge >= 0.3 is 0 Å². The summed E-state index contributed by atoms with van der Waals surface area (Å²) in [5, 5.41) is 0. The van der Waals surface area contributed by atoms with Gasteiger partial charge in [0.2, 0.25) is 0 Å². The maximum atomic E-state index is 5.80. The molecule has 0 N–H and O–H groups in total. The van der Waals surface area contributed by atoms with E-state index in [-0.39, 0.29) is 5.60 Å². The summed E-state index contributed by atoms with van der Waals surface area (Å²) in [5.74, 6) is 1.63. The maximum absolute atomic E-state index is 5.80. The molecule has 0 fully saturated rings. The molecule has 4 heteroatoms. The van der Waals surface area contributed by atoms with Gasteiger partial charge in [0.25, 0.3) is 0 Å². The summed E-state index contributed by atoms with van der Waals surface area (Å²) in [6.45, 7) is 10.3. The Kier molecular flexibility index (Phi) is 9.37. The molecule has 0 aliphatic carbocycles. The van der Waals surface area contributed by atoms with Gasteiger partial charge in [-0.25, -0.2) is 0 Å². The summed E-state index contributed by atoms with van der Waals surface area (Å²) >= 11 is 4.17. The van der Waals surface area contributed by atoms with Crippen molar-refractivity contribution < 1.29 is 9.47 Å². The number of benzene rings is 1. The molecule has 1 aromatic rings. The normalized spacial score (nSPS) is 13.1.